The van der Waals surface area contributed by atoms with E-state index in [0.717, 1.165) is 29.3 Å². The van der Waals surface area contributed by atoms with Gasteiger partial charge in [-0.15, -0.1) is 0 Å². The Labute approximate surface area is 105 Å². The maximum atomic E-state index is 12.2. The van der Waals surface area contributed by atoms with Crippen molar-refractivity contribution in [3.8, 4) is 5.75 Å². The van der Waals surface area contributed by atoms with Crippen molar-refractivity contribution in [2.75, 3.05) is 0 Å². The Balaban J connectivity index is 2.36. The molecule has 0 bridgehead atoms. The zero-order chi connectivity index (χ0) is 13.1. The van der Waals surface area contributed by atoms with Crippen LogP contribution in [-0.4, -0.2) is 11.6 Å². The number of benzene rings is 1. The number of halogens is 2. The van der Waals surface area contributed by atoms with Crippen molar-refractivity contribution in [1.82, 2.24) is 4.98 Å². The molecule has 1 unspecified atom stereocenters. The quantitative estimate of drug-likeness (QED) is 0.822. The van der Waals surface area contributed by atoms with E-state index in [1.54, 1.807) is 18.2 Å². The smallest absolute Gasteiger partial charge is 0.387 e. The van der Waals surface area contributed by atoms with Crippen molar-refractivity contribution in [3.63, 3.8) is 0 Å². The fourth-order valence-corrected chi connectivity index (χ4v) is 2.29. The van der Waals surface area contributed by atoms with E-state index in [1.807, 2.05) is 6.20 Å². The molecule has 98 valence electrons. The van der Waals surface area contributed by atoms with Gasteiger partial charge in [-0.2, -0.15) is 8.78 Å². The van der Waals surface area contributed by atoms with Crippen molar-refractivity contribution in [1.29, 1.82) is 0 Å². The van der Waals surface area contributed by atoms with Gasteiger partial charge in [-0.3, -0.25) is 0 Å². The standard InChI is InChI=1S/C14H17F2NO/c1-3-4-9(2)12-8-17-13-6-5-10(7-11(12)13)18-14(15)16/h5-9,14,17H,3-4H2,1-2H3. The predicted molar refractivity (Wildman–Crippen MR) is 68.3 cm³/mol. The lowest BCUT2D eigenvalue weighted by molar-refractivity contribution is -0.0497. The summed E-state index contributed by atoms with van der Waals surface area (Å²) < 4.78 is 28.8. The fourth-order valence-electron chi connectivity index (χ4n) is 2.29. The summed E-state index contributed by atoms with van der Waals surface area (Å²) in [4.78, 5) is 3.16. The third kappa shape index (κ3) is 2.63. The molecule has 2 nitrogen and oxygen atoms in total. The van der Waals surface area contributed by atoms with E-state index in [2.05, 4.69) is 23.6 Å². The van der Waals surface area contributed by atoms with Gasteiger partial charge in [-0.25, -0.2) is 0 Å². The highest BCUT2D eigenvalue weighted by Gasteiger charge is 2.12. The fraction of sp³-hybridized carbons (Fsp3) is 0.429. The number of rotatable bonds is 5. The second-order valence-corrected chi connectivity index (χ2v) is 4.52. The Morgan fingerprint density at radius 1 is 1.33 bits per heavy atom. The summed E-state index contributed by atoms with van der Waals surface area (Å²) in [7, 11) is 0. The van der Waals surface area contributed by atoms with Gasteiger partial charge in [0.05, 0.1) is 0 Å². The zero-order valence-electron chi connectivity index (χ0n) is 10.5. The average molecular weight is 253 g/mol. The van der Waals surface area contributed by atoms with Crippen molar-refractivity contribution < 1.29 is 13.5 Å². The molecule has 2 rings (SSSR count). The van der Waals surface area contributed by atoms with Crippen LogP contribution in [0.3, 0.4) is 0 Å². The van der Waals surface area contributed by atoms with Crippen LogP contribution in [0.5, 0.6) is 5.75 Å². The van der Waals surface area contributed by atoms with E-state index in [4.69, 9.17) is 0 Å². The normalized spacial score (nSPS) is 13.2. The van der Waals surface area contributed by atoms with Gasteiger partial charge < -0.3 is 9.72 Å². The van der Waals surface area contributed by atoms with Crippen LogP contribution >= 0.6 is 0 Å². The lowest BCUT2D eigenvalue weighted by atomic mass is 9.96. The summed E-state index contributed by atoms with van der Waals surface area (Å²) >= 11 is 0. The van der Waals surface area contributed by atoms with E-state index in [1.165, 1.54) is 0 Å². The maximum Gasteiger partial charge on any atom is 0.387 e. The van der Waals surface area contributed by atoms with Crippen LogP contribution in [0.1, 0.15) is 38.2 Å². The molecule has 1 atom stereocenters. The molecule has 0 saturated heterocycles. The van der Waals surface area contributed by atoms with E-state index < -0.39 is 6.61 Å². The minimum absolute atomic E-state index is 0.210. The van der Waals surface area contributed by atoms with Gasteiger partial charge in [-0.1, -0.05) is 20.3 Å². The number of aromatic nitrogens is 1. The highest BCUT2D eigenvalue weighted by atomic mass is 19.3. The van der Waals surface area contributed by atoms with Crippen LogP contribution in [-0.2, 0) is 0 Å². The minimum atomic E-state index is -2.78. The molecule has 4 heteroatoms. The molecule has 0 aliphatic carbocycles. The Kier molecular flexibility index (Phi) is 3.84. The average Bonchev–Trinajstić information content (AvgIpc) is 2.71. The monoisotopic (exact) mass is 253 g/mol. The first kappa shape index (κ1) is 12.9. The zero-order valence-corrected chi connectivity index (χ0v) is 10.5. The molecule has 0 aliphatic heterocycles. The van der Waals surface area contributed by atoms with Crippen molar-refractivity contribution in [2.45, 2.75) is 39.2 Å². The molecule has 2 aromatic rings. The Hall–Kier alpha value is -1.58. The first-order valence-electron chi connectivity index (χ1n) is 6.17. The Bertz CT molecular complexity index is 521. The van der Waals surface area contributed by atoms with E-state index in [0.29, 0.717) is 5.92 Å². The molecule has 0 spiro atoms. The molecule has 1 aromatic carbocycles. The maximum absolute atomic E-state index is 12.2. The van der Waals surface area contributed by atoms with Crippen molar-refractivity contribution >= 4 is 10.9 Å². The second-order valence-electron chi connectivity index (χ2n) is 4.52. The number of ether oxygens (including phenoxy) is 1. The third-order valence-electron chi connectivity index (χ3n) is 3.16. The lowest BCUT2D eigenvalue weighted by Crippen LogP contribution is -2.01. The highest BCUT2D eigenvalue weighted by molar-refractivity contribution is 5.85. The van der Waals surface area contributed by atoms with Gasteiger partial charge in [-0.05, 0) is 36.1 Å². The molecule has 0 fully saturated rings. The molecule has 1 heterocycles. The number of aromatic amines is 1. The first-order chi connectivity index (χ1) is 8.61. The summed E-state index contributed by atoms with van der Waals surface area (Å²) in [5, 5.41) is 0.967. The summed E-state index contributed by atoms with van der Waals surface area (Å²) in [5.74, 6) is 0.618. The van der Waals surface area contributed by atoms with Gasteiger partial charge in [0, 0.05) is 17.1 Å². The van der Waals surface area contributed by atoms with E-state index >= 15 is 0 Å². The van der Waals surface area contributed by atoms with Crippen LogP contribution in [0.4, 0.5) is 8.78 Å². The lowest BCUT2D eigenvalue weighted by Gasteiger charge is -2.09. The molecular weight excluding hydrogens is 236 g/mol. The molecule has 1 N–H and O–H groups in total. The van der Waals surface area contributed by atoms with Gasteiger partial charge in [0.2, 0.25) is 0 Å². The van der Waals surface area contributed by atoms with Crippen molar-refractivity contribution in [3.05, 3.63) is 30.0 Å². The van der Waals surface area contributed by atoms with Crippen LogP contribution < -0.4 is 4.74 Å². The summed E-state index contributed by atoms with van der Waals surface area (Å²) in [5.41, 5.74) is 2.11. The SMILES string of the molecule is CCCC(C)c1c[nH]c2ccc(OC(F)F)cc12. The third-order valence-corrected chi connectivity index (χ3v) is 3.16. The number of hydrogen-bond acceptors (Lipinski definition) is 1. The molecule has 0 radical (unpaired) electrons. The number of hydrogen-bond donors (Lipinski definition) is 1. The van der Waals surface area contributed by atoms with Crippen LogP contribution in [0.2, 0.25) is 0 Å². The van der Waals surface area contributed by atoms with Gasteiger partial charge in [0.25, 0.3) is 0 Å². The molecule has 1 aromatic heterocycles. The summed E-state index contributed by atoms with van der Waals surface area (Å²) in [6, 6.07) is 5.01. The molecule has 0 saturated carbocycles. The van der Waals surface area contributed by atoms with Gasteiger partial charge >= 0.3 is 6.61 Å². The van der Waals surface area contributed by atoms with Gasteiger partial charge in [0.1, 0.15) is 5.75 Å². The number of alkyl halides is 2. The Morgan fingerprint density at radius 3 is 2.78 bits per heavy atom. The van der Waals surface area contributed by atoms with E-state index in [-0.39, 0.29) is 5.75 Å². The minimum Gasteiger partial charge on any atom is -0.435 e. The highest BCUT2D eigenvalue weighted by Crippen LogP contribution is 2.31. The molecular formula is C14H17F2NO. The molecule has 0 amide bonds. The second kappa shape index (κ2) is 5.38. The topological polar surface area (TPSA) is 25.0 Å². The van der Waals surface area contributed by atoms with E-state index in [9.17, 15) is 8.78 Å². The predicted octanol–water partition coefficient (Wildman–Crippen LogP) is 4.67. The summed E-state index contributed by atoms with van der Waals surface area (Å²) in [6.07, 6.45) is 4.13. The van der Waals surface area contributed by atoms with Crippen LogP contribution in [0, 0.1) is 0 Å². The number of nitrogens with one attached hydrogen (secondary N) is 1. The van der Waals surface area contributed by atoms with Gasteiger partial charge in [0.15, 0.2) is 0 Å². The molecule has 0 aliphatic rings. The number of fused-ring (bicyclic) bond motifs is 1. The first-order valence-corrected chi connectivity index (χ1v) is 6.17. The van der Waals surface area contributed by atoms with Crippen LogP contribution in [0.25, 0.3) is 10.9 Å². The van der Waals surface area contributed by atoms with Crippen molar-refractivity contribution in [2.24, 2.45) is 0 Å². The molecule has 18 heavy (non-hydrogen) atoms. The largest absolute Gasteiger partial charge is 0.435 e. The Morgan fingerprint density at radius 2 is 2.11 bits per heavy atom. The summed E-state index contributed by atoms with van der Waals surface area (Å²) in [6.45, 7) is 1.50. The number of H-pyrrole nitrogens is 1. The van der Waals surface area contributed by atoms with Crippen LogP contribution in [0.15, 0.2) is 24.4 Å².